The molecule has 0 aliphatic carbocycles. The van der Waals surface area contributed by atoms with Crippen LogP contribution in [-0.4, -0.2) is 10.9 Å². The predicted octanol–water partition coefficient (Wildman–Crippen LogP) is 4.56. The Bertz CT molecular complexity index is 1040. The third-order valence-corrected chi connectivity index (χ3v) is 4.07. The highest BCUT2D eigenvalue weighted by Gasteiger charge is 2.11. The maximum atomic E-state index is 13.6. The maximum absolute atomic E-state index is 13.6. The summed E-state index contributed by atoms with van der Waals surface area (Å²) in [6.45, 7) is 0.307. The summed E-state index contributed by atoms with van der Waals surface area (Å²) in [5, 5.41) is 2.72. The topological polar surface area (TPSA) is 55.1 Å². The zero-order chi connectivity index (χ0) is 17.9. The van der Waals surface area contributed by atoms with Crippen molar-refractivity contribution in [3.05, 3.63) is 89.7 Å². The molecule has 0 saturated heterocycles. The van der Waals surface area contributed by atoms with Crippen LogP contribution in [0, 0.1) is 5.82 Å². The lowest BCUT2D eigenvalue weighted by atomic mass is 10.1. The Kier molecular flexibility index (Phi) is 4.19. The number of para-hydroxylation sites is 2. The predicted molar refractivity (Wildman–Crippen MR) is 97.0 cm³/mol. The zero-order valence-electron chi connectivity index (χ0n) is 13.8. The quantitative estimate of drug-likeness (QED) is 0.589. The Balaban J connectivity index is 1.46. The normalized spacial score (nSPS) is 10.8. The summed E-state index contributed by atoms with van der Waals surface area (Å²) in [4.78, 5) is 16.5. The minimum absolute atomic E-state index is 0.0376. The molecule has 0 saturated carbocycles. The number of nitrogens with zero attached hydrogens (tertiary/aromatic N) is 1. The van der Waals surface area contributed by atoms with E-state index in [1.807, 2.05) is 48.5 Å². The number of hydrogen-bond acceptors (Lipinski definition) is 3. The van der Waals surface area contributed by atoms with Crippen LogP contribution in [-0.2, 0) is 6.54 Å². The molecule has 0 spiro atoms. The molecule has 0 unspecified atom stereocenters. The number of halogens is 1. The number of amides is 1. The first-order valence-corrected chi connectivity index (χ1v) is 8.18. The standard InChI is InChI=1S/C21H15FN2O2/c22-17-6-2-1-5-16(17)20(25)23-13-14-9-11-15(12-10-14)21-24-18-7-3-4-8-19(18)26-21/h1-12H,13H2,(H,23,25). The van der Waals surface area contributed by atoms with Crippen molar-refractivity contribution < 1.29 is 13.6 Å². The van der Waals surface area contributed by atoms with Crippen molar-refractivity contribution >= 4 is 17.0 Å². The lowest BCUT2D eigenvalue weighted by Gasteiger charge is -2.06. The molecule has 3 aromatic carbocycles. The molecular weight excluding hydrogens is 331 g/mol. The van der Waals surface area contributed by atoms with Gasteiger partial charge >= 0.3 is 0 Å². The zero-order valence-corrected chi connectivity index (χ0v) is 13.8. The number of nitrogens with one attached hydrogen (secondary N) is 1. The molecule has 0 aliphatic heterocycles. The first-order valence-electron chi connectivity index (χ1n) is 8.18. The second-order valence-electron chi connectivity index (χ2n) is 5.85. The van der Waals surface area contributed by atoms with Crippen LogP contribution in [0.25, 0.3) is 22.6 Å². The van der Waals surface area contributed by atoms with E-state index < -0.39 is 11.7 Å². The van der Waals surface area contributed by atoms with E-state index >= 15 is 0 Å². The third kappa shape index (κ3) is 3.19. The first kappa shape index (κ1) is 16.0. The van der Waals surface area contributed by atoms with Crippen LogP contribution < -0.4 is 5.32 Å². The summed E-state index contributed by atoms with van der Waals surface area (Å²) < 4.78 is 19.4. The average molecular weight is 346 g/mol. The number of carbonyl (C=O) groups excluding carboxylic acids is 1. The van der Waals surface area contributed by atoms with Crippen molar-refractivity contribution in [2.75, 3.05) is 0 Å². The Morgan fingerprint density at radius 1 is 0.962 bits per heavy atom. The Hall–Kier alpha value is -3.47. The van der Waals surface area contributed by atoms with Gasteiger partial charge in [-0.25, -0.2) is 9.37 Å². The fourth-order valence-corrected chi connectivity index (χ4v) is 2.68. The molecular formula is C21H15FN2O2. The van der Waals surface area contributed by atoms with E-state index in [9.17, 15) is 9.18 Å². The van der Waals surface area contributed by atoms with Gasteiger partial charge in [0.25, 0.3) is 5.91 Å². The second kappa shape index (κ2) is 6.80. The van der Waals surface area contributed by atoms with Gasteiger partial charge in [-0.2, -0.15) is 0 Å². The number of aromatic nitrogens is 1. The van der Waals surface area contributed by atoms with Gasteiger partial charge < -0.3 is 9.73 Å². The molecule has 1 amide bonds. The van der Waals surface area contributed by atoms with Crippen molar-refractivity contribution in [2.24, 2.45) is 0 Å². The van der Waals surface area contributed by atoms with Crippen molar-refractivity contribution in [2.45, 2.75) is 6.54 Å². The first-order chi connectivity index (χ1) is 12.7. The van der Waals surface area contributed by atoms with Crippen molar-refractivity contribution in [1.29, 1.82) is 0 Å². The summed E-state index contributed by atoms with van der Waals surface area (Å²) in [5.74, 6) is -0.421. The molecule has 0 atom stereocenters. The largest absolute Gasteiger partial charge is 0.436 e. The number of fused-ring (bicyclic) bond motifs is 1. The average Bonchev–Trinajstić information content (AvgIpc) is 3.11. The molecule has 4 aromatic rings. The van der Waals surface area contributed by atoms with Crippen LogP contribution >= 0.6 is 0 Å². The summed E-state index contributed by atoms with van der Waals surface area (Å²) in [6.07, 6.45) is 0. The Labute approximate surface area is 149 Å². The highest BCUT2D eigenvalue weighted by atomic mass is 19.1. The van der Waals surface area contributed by atoms with Gasteiger partial charge in [0.05, 0.1) is 5.56 Å². The summed E-state index contributed by atoms with van der Waals surface area (Å²) >= 11 is 0. The number of rotatable bonds is 4. The van der Waals surface area contributed by atoms with Crippen molar-refractivity contribution in [3.63, 3.8) is 0 Å². The fourth-order valence-electron chi connectivity index (χ4n) is 2.68. The van der Waals surface area contributed by atoms with Gasteiger partial charge in [-0.1, -0.05) is 36.4 Å². The monoisotopic (exact) mass is 346 g/mol. The molecule has 1 heterocycles. The minimum atomic E-state index is -0.531. The molecule has 0 aliphatic rings. The van der Waals surface area contributed by atoms with E-state index in [4.69, 9.17) is 4.42 Å². The Morgan fingerprint density at radius 2 is 1.69 bits per heavy atom. The van der Waals surface area contributed by atoms with Crippen LogP contribution in [0.4, 0.5) is 4.39 Å². The maximum Gasteiger partial charge on any atom is 0.254 e. The molecule has 128 valence electrons. The van der Waals surface area contributed by atoms with Gasteiger partial charge in [0.1, 0.15) is 11.3 Å². The number of benzene rings is 3. The van der Waals surface area contributed by atoms with Gasteiger partial charge in [0.15, 0.2) is 5.58 Å². The minimum Gasteiger partial charge on any atom is -0.436 e. The molecule has 5 heteroatoms. The summed E-state index contributed by atoms with van der Waals surface area (Å²) in [6, 6.07) is 21.0. The number of hydrogen-bond donors (Lipinski definition) is 1. The van der Waals surface area contributed by atoms with Gasteiger partial charge in [-0.15, -0.1) is 0 Å². The van der Waals surface area contributed by atoms with E-state index in [0.29, 0.717) is 12.4 Å². The van der Waals surface area contributed by atoms with Gasteiger partial charge in [0.2, 0.25) is 5.89 Å². The molecule has 0 fully saturated rings. The van der Waals surface area contributed by atoms with Gasteiger partial charge in [-0.3, -0.25) is 4.79 Å². The van der Waals surface area contributed by atoms with Crippen LogP contribution in [0.5, 0.6) is 0 Å². The van der Waals surface area contributed by atoms with E-state index in [-0.39, 0.29) is 5.56 Å². The fraction of sp³-hybridized carbons (Fsp3) is 0.0476. The van der Waals surface area contributed by atoms with Gasteiger partial charge in [-0.05, 0) is 42.0 Å². The highest BCUT2D eigenvalue weighted by Crippen LogP contribution is 2.24. The van der Waals surface area contributed by atoms with Gasteiger partial charge in [0, 0.05) is 12.1 Å². The third-order valence-electron chi connectivity index (χ3n) is 4.07. The van der Waals surface area contributed by atoms with Crippen LogP contribution in [0.3, 0.4) is 0 Å². The molecule has 26 heavy (non-hydrogen) atoms. The Morgan fingerprint density at radius 3 is 2.46 bits per heavy atom. The lowest BCUT2D eigenvalue weighted by molar-refractivity contribution is 0.0947. The molecule has 4 rings (SSSR count). The van der Waals surface area contributed by atoms with Crippen LogP contribution in [0.1, 0.15) is 15.9 Å². The van der Waals surface area contributed by atoms with Crippen LogP contribution in [0.15, 0.2) is 77.2 Å². The lowest BCUT2D eigenvalue weighted by Crippen LogP contribution is -2.23. The summed E-state index contributed by atoms with van der Waals surface area (Å²) in [5.41, 5.74) is 3.34. The molecule has 0 bridgehead atoms. The summed E-state index contributed by atoms with van der Waals surface area (Å²) in [7, 11) is 0. The van der Waals surface area contributed by atoms with Crippen molar-refractivity contribution in [1.82, 2.24) is 10.3 Å². The van der Waals surface area contributed by atoms with E-state index in [1.165, 1.54) is 12.1 Å². The van der Waals surface area contributed by atoms with E-state index in [0.717, 1.165) is 22.2 Å². The molecule has 1 aromatic heterocycles. The van der Waals surface area contributed by atoms with E-state index in [2.05, 4.69) is 10.3 Å². The molecule has 0 radical (unpaired) electrons. The molecule has 4 nitrogen and oxygen atoms in total. The smallest absolute Gasteiger partial charge is 0.254 e. The number of oxazole rings is 1. The second-order valence-corrected chi connectivity index (χ2v) is 5.85. The van der Waals surface area contributed by atoms with E-state index in [1.54, 1.807) is 12.1 Å². The number of carbonyl (C=O) groups is 1. The van der Waals surface area contributed by atoms with Crippen LogP contribution in [0.2, 0.25) is 0 Å². The van der Waals surface area contributed by atoms with Crippen molar-refractivity contribution in [3.8, 4) is 11.5 Å². The highest BCUT2D eigenvalue weighted by molar-refractivity contribution is 5.94. The molecule has 1 N–H and O–H groups in total. The SMILES string of the molecule is O=C(NCc1ccc(-c2nc3ccccc3o2)cc1)c1ccccc1F.